The molecule has 1 aliphatic rings. The van der Waals surface area contributed by atoms with Crippen LogP contribution in [0.5, 0.6) is 0 Å². The van der Waals surface area contributed by atoms with Crippen LogP contribution in [0.1, 0.15) is 43.7 Å². The molecule has 0 aliphatic carbocycles. The van der Waals surface area contributed by atoms with Crippen LogP contribution >= 0.6 is 0 Å². The molecule has 0 amide bonds. The van der Waals surface area contributed by atoms with Crippen LogP contribution in [0.15, 0.2) is 38.8 Å². The summed E-state index contributed by atoms with van der Waals surface area (Å²) < 4.78 is 2.51. The van der Waals surface area contributed by atoms with Gasteiger partial charge in [-0.2, -0.15) is 0 Å². The lowest BCUT2D eigenvalue weighted by Crippen LogP contribution is -2.38. The molecule has 3 rings (SSSR count). The zero-order valence-electron chi connectivity index (χ0n) is 17.4. The van der Waals surface area contributed by atoms with Crippen molar-refractivity contribution in [2.75, 3.05) is 12.0 Å². The third-order valence-electron chi connectivity index (χ3n) is 5.43. The Hall–Kier alpha value is -3.03. The first-order valence-electron chi connectivity index (χ1n) is 9.92. The molecule has 0 radical (unpaired) electrons. The highest BCUT2D eigenvalue weighted by atomic mass is 16.3. The van der Waals surface area contributed by atoms with Gasteiger partial charge in [-0.1, -0.05) is 26.0 Å². The fourth-order valence-corrected chi connectivity index (χ4v) is 3.51. The van der Waals surface area contributed by atoms with Crippen molar-refractivity contribution in [3.8, 4) is 0 Å². The van der Waals surface area contributed by atoms with Crippen LogP contribution in [0.2, 0.25) is 0 Å². The molecule has 0 saturated heterocycles. The number of nitroso groups, excluding NO2 is 1. The van der Waals surface area contributed by atoms with E-state index in [1.165, 1.54) is 17.2 Å². The second kappa shape index (κ2) is 8.55. The maximum Gasteiger partial charge on any atom is 0.332 e. The number of aliphatic imine (C=N–C) groups is 1. The molecule has 1 unspecified atom stereocenters. The van der Waals surface area contributed by atoms with Gasteiger partial charge in [-0.25, -0.2) is 9.79 Å². The van der Waals surface area contributed by atoms with Crippen LogP contribution in [0, 0.1) is 10.8 Å². The zero-order chi connectivity index (χ0) is 21.1. The standard InChI is InChI=1S/C21H28N5O3/c1-14(2)16-6-8-17(9-7-16)23-26(29)12-11-15-5-10-18-19(22-13-15)24(3)21(28)25(4)20(18)27/h6-9,13-15H,5,10-12H2,1-4H3,(H,23,29)/q+1. The summed E-state index contributed by atoms with van der Waals surface area (Å²) in [5.74, 6) is 0.925. The molecule has 0 saturated carbocycles. The molecule has 29 heavy (non-hydrogen) atoms. The lowest BCUT2D eigenvalue weighted by Gasteiger charge is -2.09. The Morgan fingerprint density at radius 1 is 1.17 bits per heavy atom. The SMILES string of the molecule is CC(C)c1ccc(N[N+](=O)CCC2C=Nc3c(c(=O)n(C)c(=O)n3C)CC2)cc1. The summed E-state index contributed by atoms with van der Waals surface area (Å²) in [6.45, 7) is 4.54. The number of hydrogen-bond donors (Lipinski definition) is 1. The highest BCUT2D eigenvalue weighted by Crippen LogP contribution is 2.22. The van der Waals surface area contributed by atoms with Gasteiger partial charge >= 0.3 is 5.69 Å². The Morgan fingerprint density at radius 2 is 1.86 bits per heavy atom. The van der Waals surface area contributed by atoms with Crippen LogP contribution in [0.4, 0.5) is 11.5 Å². The smallest absolute Gasteiger partial charge is 0.281 e. The maximum absolute atomic E-state index is 12.4. The monoisotopic (exact) mass is 398 g/mol. The topological polar surface area (TPSA) is 88.5 Å². The van der Waals surface area contributed by atoms with E-state index in [4.69, 9.17) is 0 Å². The third kappa shape index (κ3) is 4.52. The van der Waals surface area contributed by atoms with Crippen LogP contribution in [-0.2, 0) is 20.5 Å². The first-order valence-corrected chi connectivity index (χ1v) is 9.92. The van der Waals surface area contributed by atoms with E-state index in [1.807, 2.05) is 24.3 Å². The van der Waals surface area contributed by atoms with Crippen molar-refractivity contribution in [1.29, 1.82) is 0 Å². The maximum atomic E-state index is 12.4. The van der Waals surface area contributed by atoms with Gasteiger partial charge in [0.25, 0.3) is 5.56 Å². The summed E-state index contributed by atoms with van der Waals surface area (Å²) in [4.78, 5) is 42.0. The highest BCUT2D eigenvalue weighted by molar-refractivity contribution is 5.67. The summed E-state index contributed by atoms with van der Waals surface area (Å²) in [6, 6.07) is 7.84. The van der Waals surface area contributed by atoms with Crippen molar-refractivity contribution in [2.24, 2.45) is 25.0 Å². The Labute approximate surface area is 169 Å². The number of hydrogen-bond acceptors (Lipinski definition) is 4. The zero-order valence-corrected chi connectivity index (χ0v) is 17.4. The molecular formula is C21H28N5O3+. The number of anilines is 1. The van der Waals surface area contributed by atoms with E-state index in [2.05, 4.69) is 24.3 Å². The third-order valence-corrected chi connectivity index (χ3v) is 5.43. The Balaban J connectivity index is 1.61. The molecule has 0 spiro atoms. The van der Waals surface area contributed by atoms with Crippen LogP contribution in [0.25, 0.3) is 0 Å². The first kappa shape index (κ1) is 20.7. The normalized spacial score (nSPS) is 15.8. The minimum Gasteiger partial charge on any atom is -0.281 e. The minimum absolute atomic E-state index is 0.0591. The Morgan fingerprint density at radius 3 is 2.52 bits per heavy atom. The Kier molecular flexibility index (Phi) is 6.10. The number of rotatable bonds is 6. The molecule has 1 aliphatic heterocycles. The number of benzene rings is 1. The van der Waals surface area contributed by atoms with Crippen molar-refractivity contribution < 1.29 is 4.87 Å². The predicted octanol–water partition coefficient (Wildman–Crippen LogP) is 2.67. The fraction of sp³-hybridized carbons (Fsp3) is 0.476. The van der Waals surface area contributed by atoms with Crippen LogP contribution < -0.4 is 16.7 Å². The molecule has 154 valence electrons. The summed E-state index contributed by atoms with van der Waals surface area (Å²) in [6.07, 6.45) is 3.60. The van der Waals surface area contributed by atoms with E-state index in [-0.39, 0.29) is 23.7 Å². The second-order valence-corrected chi connectivity index (χ2v) is 7.86. The molecule has 2 heterocycles. The van der Waals surface area contributed by atoms with Crippen molar-refractivity contribution in [3.05, 3.63) is 61.1 Å². The number of fused-ring (bicyclic) bond motifs is 1. The number of nitrogens with zero attached hydrogens (tertiary/aromatic N) is 4. The average Bonchev–Trinajstić information content (AvgIpc) is 2.92. The molecule has 8 heteroatoms. The molecule has 1 atom stereocenters. The van der Waals surface area contributed by atoms with Gasteiger partial charge in [0.05, 0.1) is 10.5 Å². The van der Waals surface area contributed by atoms with E-state index >= 15 is 0 Å². The van der Waals surface area contributed by atoms with Crippen LogP contribution in [-0.4, -0.2) is 26.8 Å². The van der Waals surface area contributed by atoms with Crippen molar-refractivity contribution in [3.63, 3.8) is 0 Å². The van der Waals surface area contributed by atoms with E-state index in [1.54, 1.807) is 13.3 Å². The minimum atomic E-state index is -0.386. The lowest BCUT2D eigenvalue weighted by molar-refractivity contribution is -0.519. The van der Waals surface area contributed by atoms with E-state index in [0.717, 1.165) is 15.1 Å². The molecule has 8 nitrogen and oxygen atoms in total. The molecule has 0 bridgehead atoms. The quantitative estimate of drug-likeness (QED) is 0.598. The van der Waals surface area contributed by atoms with E-state index in [9.17, 15) is 14.5 Å². The van der Waals surface area contributed by atoms with Gasteiger partial charge in [-0.15, -0.1) is 5.43 Å². The number of hydrazine groups is 1. The number of aromatic nitrogens is 2. The van der Waals surface area contributed by atoms with Gasteiger partial charge in [-0.05, 0) is 36.5 Å². The van der Waals surface area contributed by atoms with Crippen molar-refractivity contribution in [1.82, 2.24) is 9.13 Å². The molecular weight excluding hydrogens is 370 g/mol. The molecule has 0 fully saturated rings. The predicted molar refractivity (Wildman–Crippen MR) is 114 cm³/mol. The summed E-state index contributed by atoms with van der Waals surface area (Å²) in [7, 11) is 3.10. The lowest BCUT2D eigenvalue weighted by atomic mass is 9.99. The van der Waals surface area contributed by atoms with Gasteiger partial charge < -0.3 is 0 Å². The summed E-state index contributed by atoms with van der Waals surface area (Å²) >= 11 is 0. The Bertz CT molecular complexity index is 1050. The van der Waals surface area contributed by atoms with E-state index < -0.39 is 0 Å². The summed E-state index contributed by atoms with van der Waals surface area (Å²) in [5, 5.41) is 0. The molecule has 1 aromatic heterocycles. The van der Waals surface area contributed by atoms with Gasteiger partial charge in [0, 0.05) is 32.6 Å². The van der Waals surface area contributed by atoms with Crippen molar-refractivity contribution in [2.45, 2.75) is 39.0 Å². The summed E-state index contributed by atoms with van der Waals surface area (Å²) in [5.41, 5.74) is 4.70. The van der Waals surface area contributed by atoms with E-state index in [0.29, 0.717) is 36.6 Å². The van der Waals surface area contributed by atoms with Gasteiger partial charge in [0.2, 0.25) is 6.54 Å². The first-order chi connectivity index (χ1) is 13.8. The van der Waals surface area contributed by atoms with Gasteiger partial charge in [-0.3, -0.25) is 13.9 Å². The highest BCUT2D eigenvalue weighted by Gasteiger charge is 2.22. The fourth-order valence-electron chi connectivity index (χ4n) is 3.51. The molecule has 2 aromatic rings. The number of nitrogens with one attached hydrogen (secondary N) is 1. The van der Waals surface area contributed by atoms with Gasteiger partial charge in [0.1, 0.15) is 16.4 Å². The van der Waals surface area contributed by atoms with Crippen LogP contribution in [0.3, 0.4) is 0 Å². The largest absolute Gasteiger partial charge is 0.332 e. The average molecular weight is 398 g/mol. The van der Waals surface area contributed by atoms with Crippen molar-refractivity contribution >= 4 is 17.7 Å². The van der Waals surface area contributed by atoms with Gasteiger partial charge in [0.15, 0.2) is 0 Å². The molecule has 1 aromatic carbocycles. The molecule has 1 N–H and O–H groups in total. The second-order valence-electron chi connectivity index (χ2n) is 7.86.